The highest BCUT2D eigenvalue weighted by atomic mass is 79.9. The van der Waals surface area contributed by atoms with Crippen LogP contribution in [-0.4, -0.2) is 43.8 Å². The Morgan fingerprint density at radius 2 is 1.56 bits per heavy atom. The van der Waals surface area contributed by atoms with Gasteiger partial charge in [0.25, 0.3) is 10.0 Å². The van der Waals surface area contributed by atoms with Crippen LogP contribution in [0.15, 0.2) is 88.2 Å². The van der Waals surface area contributed by atoms with E-state index in [0.717, 1.165) is 32.7 Å². The van der Waals surface area contributed by atoms with E-state index in [0.29, 0.717) is 5.69 Å². The fourth-order valence-corrected chi connectivity index (χ4v) is 5.91. The highest BCUT2D eigenvalue weighted by Crippen LogP contribution is 2.25. The monoisotopic (exact) mass is 613 g/mol. The molecule has 0 aliphatic rings. The van der Waals surface area contributed by atoms with E-state index in [9.17, 15) is 18.0 Å². The van der Waals surface area contributed by atoms with Crippen molar-refractivity contribution in [3.8, 4) is 0 Å². The number of sulfonamides is 1. The summed E-state index contributed by atoms with van der Waals surface area (Å²) in [4.78, 5) is 28.6. The predicted molar refractivity (Wildman–Crippen MR) is 159 cm³/mol. The molecule has 3 rings (SSSR count). The normalized spacial score (nSPS) is 12.8. The maximum Gasteiger partial charge on any atom is 0.264 e. The van der Waals surface area contributed by atoms with E-state index in [1.54, 1.807) is 37.3 Å². The fraction of sp³-hybridized carbons (Fsp3) is 0.333. The summed E-state index contributed by atoms with van der Waals surface area (Å²) in [6, 6.07) is 21.8. The second-order valence-corrected chi connectivity index (χ2v) is 12.3. The summed E-state index contributed by atoms with van der Waals surface area (Å²) in [5, 5.41) is 2.94. The molecular formula is C30H36BrN3O4S. The van der Waals surface area contributed by atoms with E-state index in [4.69, 9.17) is 0 Å². The van der Waals surface area contributed by atoms with Crippen molar-refractivity contribution in [3.63, 3.8) is 0 Å². The number of amides is 2. The molecule has 0 unspecified atom stereocenters. The summed E-state index contributed by atoms with van der Waals surface area (Å²) in [7, 11) is -4.07. The lowest BCUT2D eigenvalue weighted by Gasteiger charge is -2.32. The van der Waals surface area contributed by atoms with Crippen molar-refractivity contribution in [1.29, 1.82) is 0 Å². The van der Waals surface area contributed by atoms with Crippen LogP contribution in [0.3, 0.4) is 0 Å². The number of rotatable bonds is 12. The van der Waals surface area contributed by atoms with Gasteiger partial charge in [-0.3, -0.25) is 13.9 Å². The zero-order valence-electron chi connectivity index (χ0n) is 22.8. The fourth-order valence-electron chi connectivity index (χ4n) is 4.03. The molecule has 7 nitrogen and oxygen atoms in total. The van der Waals surface area contributed by atoms with Crippen molar-refractivity contribution in [2.24, 2.45) is 0 Å². The lowest BCUT2D eigenvalue weighted by molar-refractivity contribution is -0.139. The molecule has 0 saturated carbocycles. The molecule has 0 spiro atoms. The van der Waals surface area contributed by atoms with Crippen LogP contribution in [-0.2, 0) is 32.6 Å². The Labute approximate surface area is 240 Å². The summed E-state index contributed by atoms with van der Waals surface area (Å²) in [6.07, 6.45) is 1.54. The summed E-state index contributed by atoms with van der Waals surface area (Å²) in [6.45, 7) is 7.23. The Morgan fingerprint density at radius 1 is 0.897 bits per heavy atom. The average molecular weight is 615 g/mol. The summed E-state index contributed by atoms with van der Waals surface area (Å²) < 4.78 is 29.6. The molecule has 208 valence electrons. The minimum absolute atomic E-state index is 0.0604. The summed E-state index contributed by atoms with van der Waals surface area (Å²) in [5.74, 6) is -0.779. The second-order valence-electron chi connectivity index (χ2n) is 9.49. The number of carbonyl (C=O) groups is 2. The molecule has 39 heavy (non-hydrogen) atoms. The van der Waals surface area contributed by atoms with Gasteiger partial charge in [0.1, 0.15) is 12.6 Å². The minimum atomic E-state index is -4.07. The van der Waals surface area contributed by atoms with E-state index in [1.165, 1.54) is 17.0 Å². The molecule has 0 fully saturated rings. The van der Waals surface area contributed by atoms with Crippen molar-refractivity contribution in [1.82, 2.24) is 10.2 Å². The van der Waals surface area contributed by atoms with Crippen LogP contribution in [0.25, 0.3) is 0 Å². The van der Waals surface area contributed by atoms with Crippen molar-refractivity contribution in [2.75, 3.05) is 10.8 Å². The van der Waals surface area contributed by atoms with Crippen LogP contribution < -0.4 is 9.62 Å². The lowest BCUT2D eigenvalue weighted by atomic mass is 10.1. The van der Waals surface area contributed by atoms with Crippen LogP contribution in [0.4, 0.5) is 5.69 Å². The van der Waals surface area contributed by atoms with Crippen molar-refractivity contribution >= 4 is 43.5 Å². The Morgan fingerprint density at radius 3 is 2.15 bits per heavy atom. The Hall–Kier alpha value is -3.17. The largest absolute Gasteiger partial charge is 0.352 e. The van der Waals surface area contributed by atoms with Crippen molar-refractivity contribution in [2.45, 2.75) is 64.1 Å². The first-order valence-electron chi connectivity index (χ1n) is 13.1. The van der Waals surface area contributed by atoms with Gasteiger partial charge in [-0.25, -0.2) is 8.42 Å². The zero-order chi connectivity index (χ0) is 28.6. The van der Waals surface area contributed by atoms with Gasteiger partial charge in [0.15, 0.2) is 0 Å². The van der Waals surface area contributed by atoms with Crippen LogP contribution in [0.2, 0.25) is 0 Å². The maximum atomic E-state index is 13.9. The van der Waals surface area contributed by atoms with Crippen LogP contribution >= 0.6 is 15.9 Å². The SMILES string of the molecule is CCc1ccc(N(CC(=O)N(Cc2cccc(Br)c2)[C@@H](C)C(=O)N[C@@H](C)CC)S(=O)(=O)c2ccccc2)cc1. The molecule has 0 aliphatic heterocycles. The molecule has 0 saturated heterocycles. The van der Waals surface area contributed by atoms with Gasteiger partial charge < -0.3 is 10.2 Å². The second kappa shape index (κ2) is 13.8. The van der Waals surface area contributed by atoms with Gasteiger partial charge in [-0.15, -0.1) is 0 Å². The van der Waals surface area contributed by atoms with E-state index in [1.807, 2.05) is 57.2 Å². The Kier molecular flexibility index (Phi) is 10.7. The van der Waals surface area contributed by atoms with Gasteiger partial charge in [0, 0.05) is 17.1 Å². The molecule has 2 amide bonds. The first-order chi connectivity index (χ1) is 18.6. The highest BCUT2D eigenvalue weighted by molar-refractivity contribution is 9.10. The Bertz CT molecular complexity index is 1360. The number of carbonyl (C=O) groups excluding carboxylic acids is 2. The number of benzene rings is 3. The van der Waals surface area contributed by atoms with Gasteiger partial charge in [-0.2, -0.15) is 0 Å². The number of anilines is 1. The molecule has 0 radical (unpaired) electrons. The van der Waals surface area contributed by atoms with E-state index < -0.39 is 28.5 Å². The molecule has 0 aromatic heterocycles. The third-order valence-corrected chi connectivity index (χ3v) is 8.93. The number of nitrogens with one attached hydrogen (secondary N) is 1. The Balaban J connectivity index is 2.02. The third-order valence-electron chi connectivity index (χ3n) is 6.65. The first kappa shape index (κ1) is 30.4. The number of aryl methyl sites for hydroxylation is 1. The number of nitrogens with zero attached hydrogens (tertiary/aromatic N) is 2. The van der Waals surface area contributed by atoms with Gasteiger partial charge in [0.2, 0.25) is 11.8 Å². The zero-order valence-corrected chi connectivity index (χ0v) is 25.2. The van der Waals surface area contributed by atoms with E-state index >= 15 is 0 Å². The molecule has 3 aromatic carbocycles. The van der Waals surface area contributed by atoms with Crippen molar-refractivity contribution in [3.05, 3.63) is 94.5 Å². The highest BCUT2D eigenvalue weighted by Gasteiger charge is 2.32. The number of hydrogen-bond acceptors (Lipinski definition) is 4. The molecule has 0 aliphatic carbocycles. The molecular weight excluding hydrogens is 578 g/mol. The minimum Gasteiger partial charge on any atom is -0.352 e. The molecule has 3 aromatic rings. The van der Waals surface area contributed by atoms with Gasteiger partial charge >= 0.3 is 0 Å². The van der Waals surface area contributed by atoms with Gasteiger partial charge in [-0.05, 0) is 74.2 Å². The van der Waals surface area contributed by atoms with Gasteiger partial charge in [-0.1, -0.05) is 72.2 Å². The third kappa shape index (κ3) is 7.92. The van der Waals surface area contributed by atoms with E-state index in [2.05, 4.69) is 21.2 Å². The molecule has 1 N–H and O–H groups in total. The molecule has 9 heteroatoms. The van der Waals surface area contributed by atoms with Crippen molar-refractivity contribution < 1.29 is 18.0 Å². The van der Waals surface area contributed by atoms with Crippen LogP contribution in [0.1, 0.15) is 45.2 Å². The summed E-state index contributed by atoms with van der Waals surface area (Å²) in [5.41, 5.74) is 2.24. The average Bonchev–Trinajstić information content (AvgIpc) is 2.94. The smallest absolute Gasteiger partial charge is 0.264 e. The predicted octanol–water partition coefficient (Wildman–Crippen LogP) is 5.54. The van der Waals surface area contributed by atoms with Gasteiger partial charge in [0.05, 0.1) is 10.6 Å². The lowest BCUT2D eigenvalue weighted by Crippen LogP contribution is -2.52. The standard InChI is InChI=1S/C30H36BrN3O4S/c1-5-22(3)32-30(36)23(4)33(20-25-11-10-12-26(31)19-25)29(35)21-34(27-17-15-24(6-2)16-18-27)39(37,38)28-13-8-7-9-14-28/h7-19,22-23H,5-6,20-21H2,1-4H3,(H,32,36)/t22-,23-/m0/s1. The number of hydrogen-bond donors (Lipinski definition) is 1. The summed E-state index contributed by atoms with van der Waals surface area (Å²) >= 11 is 3.46. The topological polar surface area (TPSA) is 86.8 Å². The maximum absolute atomic E-state index is 13.9. The molecule has 0 heterocycles. The first-order valence-corrected chi connectivity index (χ1v) is 15.3. The van der Waals surface area contributed by atoms with Crippen LogP contribution in [0.5, 0.6) is 0 Å². The number of halogens is 1. The molecule has 2 atom stereocenters. The quantitative estimate of drug-likeness (QED) is 0.291. The molecule has 0 bridgehead atoms. The van der Waals surface area contributed by atoms with Crippen LogP contribution in [0, 0.1) is 0 Å². The van der Waals surface area contributed by atoms with E-state index in [-0.39, 0.29) is 23.4 Å².